The molecule has 116 valence electrons. The predicted molar refractivity (Wildman–Crippen MR) is 63.8 cm³/mol. The zero-order valence-electron chi connectivity index (χ0n) is 10.3. The molecule has 0 aliphatic heterocycles. The van der Waals surface area contributed by atoms with Crippen molar-refractivity contribution in [2.75, 3.05) is 11.9 Å². The second-order valence-electron chi connectivity index (χ2n) is 3.76. The molecule has 0 fully saturated rings. The first-order valence-electron chi connectivity index (χ1n) is 5.49. The van der Waals surface area contributed by atoms with E-state index in [-0.39, 0.29) is 5.69 Å². The van der Waals surface area contributed by atoms with Gasteiger partial charge in [-0.05, 0) is 12.1 Å². The number of rotatable bonds is 5. The fourth-order valence-corrected chi connectivity index (χ4v) is 1.22. The summed E-state index contributed by atoms with van der Waals surface area (Å²) in [5.74, 6) is -2.04. The molecule has 1 atom stereocenters. The third-order valence-electron chi connectivity index (χ3n) is 2.07. The normalized spacial score (nSPS) is 12.4. The van der Waals surface area contributed by atoms with E-state index in [4.69, 9.17) is 10.2 Å². The van der Waals surface area contributed by atoms with Gasteiger partial charge in [0.2, 0.25) is 0 Å². The van der Waals surface area contributed by atoms with Gasteiger partial charge in [0.25, 0.3) is 0 Å². The first-order chi connectivity index (χ1) is 9.67. The highest BCUT2D eigenvalue weighted by molar-refractivity contribution is 5.89. The monoisotopic (exact) mass is 308 g/mol. The smallest absolute Gasteiger partial charge is 0.479 e. The van der Waals surface area contributed by atoms with Crippen LogP contribution in [0.1, 0.15) is 0 Å². The lowest BCUT2D eigenvalue weighted by molar-refractivity contribution is -0.274. The molecule has 0 saturated carbocycles. The third-order valence-corrected chi connectivity index (χ3v) is 2.07. The molecule has 4 N–H and O–H groups in total. The molecule has 0 heterocycles. The quantitative estimate of drug-likeness (QED) is 0.652. The molecule has 7 nitrogen and oxygen atoms in total. The van der Waals surface area contributed by atoms with Crippen molar-refractivity contribution in [3.8, 4) is 5.75 Å². The van der Waals surface area contributed by atoms with Crippen molar-refractivity contribution in [3.63, 3.8) is 0 Å². The standard InChI is InChI=1S/C11H11F3N2O5/c12-11(13,14)21-7-3-1-2-6(4-7)16-10(20)15-5-8(17)9(18)19/h1-4,8,17H,5H2,(H,18,19)(H2,15,16,20)/t8-/m0/s1. The number of carboxylic acid groups (broad SMARTS) is 1. The summed E-state index contributed by atoms with van der Waals surface area (Å²) in [4.78, 5) is 21.6. The summed E-state index contributed by atoms with van der Waals surface area (Å²) < 4.78 is 39.7. The summed E-state index contributed by atoms with van der Waals surface area (Å²) in [6.07, 6.45) is -6.64. The Bertz CT molecular complexity index is 521. The molecule has 0 aromatic heterocycles. The minimum absolute atomic E-state index is 0.000866. The van der Waals surface area contributed by atoms with E-state index >= 15 is 0 Å². The summed E-state index contributed by atoms with van der Waals surface area (Å²) >= 11 is 0. The number of alkyl halides is 3. The van der Waals surface area contributed by atoms with Crippen molar-refractivity contribution in [3.05, 3.63) is 24.3 Å². The second kappa shape index (κ2) is 6.79. The molecule has 0 radical (unpaired) electrons. The van der Waals surface area contributed by atoms with E-state index < -0.39 is 36.8 Å². The highest BCUT2D eigenvalue weighted by Crippen LogP contribution is 2.24. The molecular weight excluding hydrogens is 297 g/mol. The van der Waals surface area contributed by atoms with E-state index in [1.165, 1.54) is 12.1 Å². The fraction of sp³-hybridized carbons (Fsp3) is 0.273. The molecule has 0 spiro atoms. The van der Waals surface area contributed by atoms with Crippen LogP contribution in [0.3, 0.4) is 0 Å². The number of hydrogen-bond donors (Lipinski definition) is 4. The summed E-state index contributed by atoms with van der Waals surface area (Å²) in [6, 6.07) is 3.62. The maximum absolute atomic E-state index is 12.0. The Balaban J connectivity index is 2.56. The van der Waals surface area contributed by atoms with Gasteiger partial charge in [-0.1, -0.05) is 6.07 Å². The molecular formula is C11H11F3N2O5. The molecule has 0 unspecified atom stereocenters. The fourth-order valence-electron chi connectivity index (χ4n) is 1.22. The molecule has 1 rings (SSSR count). The number of aliphatic carboxylic acids is 1. The average Bonchev–Trinajstić information content (AvgIpc) is 2.34. The van der Waals surface area contributed by atoms with Crippen LogP contribution >= 0.6 is 0 Å². The van der Waals surface area contributed by atoms with Crippen molar-refractivity contribution in [1.82, 2.24) is 5.32 Å². The number of nitrogens with one attached hydrogen (secondary N) is 2. The number of hydrogen-bond acceptors (Lipinski definition) is 4. The number of carbonyl (C=O) groups is 2. The Hall–Kier alpha value is -2.49. The van der Waals surface area contributed by atoms with Gasteiger partial charge in [-0.2, -0.15) is 0 Å². The molecule has 2 amide bonds. The van der Waals surface area contributed by atoms with Crippen molar-refractivity contribution in [2.24, 2.45) is 0 Å². The summed E-state index contributed by atoms with van der Waals surface area (Å²) in [7, 11) is 0. The SMILES string of the molecule is O=C(NC[C@H](O)C(=O)O)Nc1cccc(OC(F)(F)F)c1. The van der Waals surface area contributed by atoms with E-state index in [0.29, 0.717) is 0 Å². The van der Waals surface area contributed by atoms with E-state index in [2.05, 4.69) is 10.1 Å². The van der Waals surface area contributed by atoms with Gasteiger partial charge >= 0.3 is 18.4 Å². The third kappa shape index (κ3) is 6.47. The van der Waals surface area contributed by atoms with Gasteiger partial charge in [0.15, 0.2) is 6.10 Å². The lowest BCUT2D eigenvalue weighted by Gasteiger charge is -2.12. The van der Waals surface area contributed by atoms with Crippen LogP contribution in [0.4, 0.5) is 23.7 Å². The van der Waals surface area contributed by atoms with Gasteiger partial charge in [-0.3, -0.25) is 0 Å². The maximum atomic E-state index is 12.0. The number of halogens is 3. The zero-order chi connectivity index (χ0) is 16.0. The van der Waals surface area contributed by atoms with E-state index in [1.807, 2.05) is 5.32 Å². The Labute approximate surface area is 116 Å². The molecule has 0 aliphatic carbocycles. The highest BCUT2D eigenvalue weighted by Gasteiger charge is 2.31. The second-order valence-corrected chi connectivity index (χ2v) is 3.76. The molecule has 1 aromatic carbocycles. The van der Waals surface area contributed by atoms with Crippen molar-refractivity contribution >= 4 is 17.7 Å². The van der Waals surface area contributed by atoms with Crippen molar-refractivity contribution in [2.45, 2.75) is 12.5 Å². The van der Waals surface area contributed by atoms with Crippen LogP contribution in [0.5, 0.6) is 5.75 Å². The molecule has 0 saturated heterocycles. The Morgan fingerprint density at radius 1 is 1.33 bits per heavy atom. The number of aliphatic hydroxyl groups is 1. The minimum atomic E-state index is -4.85. The lowest BCUT2D eigenvalue weighted by Crippen LogP contribution is -2.38. The first-order valence-corrected chi connectivity index (χ1v) is 5.49. The zero-order valence-corrected chi connectivity index (χ0v) is 10.3. The number of amides is 2. The molecule has 21 heavy (non-hydrogen) atoms. The first kappa shape index (κ1) is 16.6. The topological polar surface area (TPSA) is 108 Å². The molecule has 1 aromatic rings. The van der Waals surface area contributed by atoms with Gasteiger partial charge in [0.05, 0.1) is 6.54 Å². The van der Waals surface area contributed by atoms with Crippen LogP contribution in [-0.4, -0.2) is 41.2 Å². The lowest BCUT2D eigenvalue weighted by atomic mass is 10.3. The number of carbonyl (C=O) groups excluding carboxylic acids is 1. The minimum Gasteiger partial charge on any atom is -0.479 e. The number of carboxylic acids is 1. The van der Waals surface area contributed by atoms with Gasteiger partial charge in [0, 0.05) is 11.8 Å². The molecule has 0 aliphatic rings. The highest BCUT2D eigenvalue weighted by atomic mass is 19.4. The van der Waals surface area contributed by atoms with Crippen LogP contribution in [-0.2, 0) is 4.79 Å². The van der Waals surface area contributed by atoms with Gasteiger partial charge in [-0.25, -0.2) is 9.59 Å². The Kier molecular flexibility index (Phi) is 5.36. The number of urea groups is 1. The number of anilines is 1. The van der Waals surface area contributed by atoms with E-state index in [1.54, 1.807) is 0 Å². The summed E-state index contributed by atoms with van der Waals surface area (Å²) in [5, 5.41) is 21.5. The van der Waals surface area contributed by atoms with Crippen molar-refractivity contribution in [1.29, 1.82) is 0 Å². The number of benzene rings is 1. The van der Waals surface area contributed by atoms with Crippen molar-refractivity contribution < 1.29 is 37.7 Å². The summed E-state index contributed by atoms with van der Waals surface area (Å²) in [5.41, 5.74) is -0.000866. The Morgan fingerprint density at radius 2 is 2.00 bits per heavy atom. The van der Waals surface area contributed by atoms with Crippen LogP contribution in [0.2, 0.25) is 0 Å². The Morgan fingerprint density at radius 3 is 2.57 bits per heavy atom. The predicted octanol–water partition coefficient (Wildman–Crippen LogP) is 1.15. The number of ether oxygens (including phenoxy) is 1. The van der Waals surface area contributed by atoms with Crippen LogP contribution < -0.4 is 15.4 Å². The van der Waals surface area contributed by atoms with Gasteiger partial charge < -0.3 is 25.6 Å². The van der Waals surface area contributed by atoms with E-state index in [9.17, 15) is 22.8 Å². The van der Waals surface area contributed by atoms with Gasteiger partial charge in [-0.15, -0.1) is 13.2 Å². The van der Waals surface area contributed by atoms with Crippen LogP contribution in [0.25, 0.3) is 0 Å². The molecule has 10 heteroatoms. The van der Waals surface area contributed by atoms with Gasteiger partial charge in [0.1, 0.15) is 5.75 Å². The average molecular weight is 308 g/mol. The largest absolute Gasteiger partial charge is 0.573 e. The van der Waals surface area contributed by atoms with E-state index in [0.717, 1.165) is 12.1 Å². The maximum Gasteiger partial charge on any atom is 0.573 e. The molecule has 0 bridgehead atoms. The van der Waals surface area contributed by atoms with Crippen LogP contribution in [0, 0.1) is 0 Å². The van der Waals surface area contributed by atoms with Crippen LogP contribution in [0.15, 0.2) is 24.3 Å². The summed E-state index contributed by atoms with van der Waals surface area (Å²) in [6.45, 7) is -0.556. The number of aliphatic hydroxyl groups excluding tert-OH is 1.